The summed E-state index contributed by atoms with van der Waals surface area (Å²) in [4.78, 5) is 16.1. The van der Waals surface area contributed by atoms with Gasteiger partial charge < -0.3 is 5.32 Å². The number of benzene rings is 1. The number of anilines is 1. The molecule has 3 nitrogen and oxygen atoms in total. The molecule has 1 aromatic heterocycles. The van der Waals surface area contributed by atoms with E-state index in [0.29, 0.717) is 10.6 Å². The van der Waals surface area contributed by atoms with E-state index in [1.807, 2.05) is 0 Å². The first-order chi connectivity index (χ1) is 8.89. The molecule has 0 aliphatic rings. The normalized spacial score (nSPS) is 11.4. The first-order valence-electron chi connectivity index (χ1n) is 5.27. The number of hydrogen-bond donors (Lipinski definition) is 1. The molecule has 0 unspecified atom stereocenters. The molecule has 0 aliphatic heterocycles. The summed E-state index contributed by atoms with van der Waals surface area (Å²) in [5, 5.41) is 2.27. The van der Waals surface area contributed by atoms with Crippen LogP contribution in [0.1, 0.15) is 20.9 Å². The van der Waals surface area contributed by atoms with Crippen LogP contribution < -0.4 is 5.32 Å². The highest BCUT2D eigenvalue weighted by molar-refractivity contribution is 7.12. The zero-order valence-electron chi connectivity index (χ0n) is 9.78. The van der Waals surface area contributed by atoms with Crippen LogP contribution in [0.4, 0.5) is 18.9 Å². The lowest BCUT2D eigenvalue weighted by molar-refractivity contribution is -0.136. The van der Waals surface area contributed by atoms with Gasteiger partial charge in [0.15, 0.2) is 0 Å². The van der Waals surface area contributed by atoms with E-state index in [2.05, 4.69) is 10.3 Å². The standard InChI is InChI=1S/C12H9F3N2OS/c1-7-10(19-6-16-7)11(18)17-9-5-3-2-4-8(9)12(13,14)15/h2-6H,1H3,(H,17,18). The van der Waals surface area contributed by atoms with E-state index in [0.717, 1.165) is 17.4 Å². The highest BCUT2D eigenvalue weighted by atomic mass is 32.1. The third kappa shape index (κ3) is 2.93. The van der Waals surface area contributed by atoms with Gasteiger partial charge in [0.2, 0.25) is 0 Å². The number of carbonyl (C=O) groups is 1. The van der Waals surface area contributed by atoms with Gasteiger partial charge in [-0.1, -0.05) is 12.1 Å². The van der Waals surface area contributed by atoms with Gasteiger partial charge in [-0.15, -0.1) is 11.3 Å². The Bertz CT molecular complexity index is 607. The van der Waals surface area contributed by atoms with Crippen molar-refractivity contribution in [2.75, 3.05) is 5.32 Å². The van der Waals surface area contributed by atoms with Crippen molar-refractivity contribution >= 4 is 22.9 Å². The molecule has 0 radical (unpaired) electrons. The number of hydrogen-bond acceptors (Lipinski definition) is 3. The molecule has 0 saturated heterocycles. The molecule has 0 aliphatic carbocycles. The summed E-state index contributed by atoms with van der Waals surface area (Å²) in [5.41, 5.74) is 0.838. The van der Waals surface area contributed by atoms with Crippen LogP contribution in [0.2, 0.25) is 0 Å². The Morgan fingerprint density at radius 1 is 1.32 bits per heavy atom. The zero-order chi connectivity index (χ0) is 14.0. The topological polar surface area (TPSA) is 42.0 Å². The fourth-order valence-corrected chi connectivity index (χ4v) is 2.24. The molecule has 2 rings (SSSR count). The first-order valence-corrected chi connectivity index (χ1v) is 6.15. The van der Waals surface area contributed by atoms with Crippen LogP contribution in [0.5, 0.6) is 0 Å². The number of aromatic nitrogens is 1. The predicted octanol–water partition coefficient (Wildman–Crippen LogP) is 3.72. The minimum Gasteiger partial charge on any atom is -0.321 e. The van der Waals surface area contributed by atoms with Gasteiger partial charge >= 0.3 is 6.18 Å². The minimum atomic E-state index is -4.51. The third-order valence-corrected chi connectivity index (χ3v) is 3.36. The Morgan fingerprint density at radius 2 is 2.00 bits per heavy atom. The molecular formula is C12H9F3N2OS. The number of rotatable bonds is 2. The van der Waals surface area contributed by atoms with Crippen LogP contribution in [0.3, 0.4) is 0 Å². The van der Waals surface area contributed by atoms with E-state index in [-0.39, 0.29) is 5.69 Å². The van der Waals surface area contributed by atoms with Crippen LogP contribution >= 0.6 is 11.3 Å². The molecule has 0 fully saturated rings. The maximum absolute atomic E-state index is 12.8. The van der Waals surface area contributed by atoms with Gasteiger partial charge in [0.1, 0.15) is 4.88 Å². The molecule has 1 heterocycles. The number of nitrogens with zero attached hydrogens (tertiary/aromatic N) is 1. The zero-order valence-corrected chi connectivity index (χ0v) is 10.6. The summed E-state index contributed by atoms with van der Waals surface area (Å²) in [6.07, 6.45) is -4.51. The number of halogens is 3. The SMILES string of the molecule is Cc1ncsc1C(=O)Nc1ccccc1C(F)(F)F. The van der Waals surface area contributed by atoms with Crippen LogP contribution in [-0.2, 0) is 6.18 Å². The number of thiazole rings is 1. The van der Waals surface area contributed by atoms with Crippen molar-refractivity contribution in [1.29, 1.82) is 0 Å². The molecule has 7 heteroatoms. The molecule has 1 aromatic carbocycles. The Hall–Kier alpha value is -1.89. The first kappa shape index (κ1) is 13.5. The molecule has 19 heavy (non-hydrogen) atoms. The summed E-state index contributed by atoms with van der Waals surface area (Å²) in [7, 11) is 0. The van der Waals surface area contributed by atoms with Crippen LogP contribution in [0, 0.1) is 6.92 Å². The number of para-hydroxylation sites is 1. The number of carbonyl (C=O) groups excluding carboxylic acids is 1. The van der Waals surface area contributed by atoms with Gasteiger partial charge in [0.05, 0.1) is 22.5 Å². The molecule has 0 saturated carbocycles. The Morgan fingerprint density at radius 3 is 2.58 bits per heavy atom. The fraction of sp³-hybridized carbons (Fsp3) is 0.167. The van der Waals surface area contributed by atoms with E-state index in [9.17, 15) is 18.0 Å². The van der Waals surface area contributed by atoms with Crippen molar-refractivity contribution in [2.24, 2.45) is 0 Å². The van der Waals surface area contributed by atoms with Crippen LogP contribution in [0.15, 0.2) is 29.8 Å². The fourth-order valence-electron chi connectivity index (χ4n) is 1.54. The summed E-state index contributed by atoms with van der Waals surface area (Å²) >= 11 is 1.09. The Kier molecular flexibility index (Phi) is 3.57. The molecule has 1 amide bonds. The van der Waals surface area contributed by atoms with Crippen molar-refractivity contribution in [3.8, 4) is 0 Å². The number of alkyl halides is 3. The lowest BCUT2D eigenvalue weighted by atomic mass is 10.1. The highest BCUT2D eigenvalue weighted by Crippen LogP contribution is 2.34. The van der Waals surface area contributed by atoms with E-state index in [1.165, 1.54) is 23.7 Å². The second kappa shape index (κ2) is 5.00. The Balaban J connectivity index is 2.30. The predicted molar refractivity (Wildman–Crippen MR) is 66.2 cm³/mol. The molecule has 100 valence electrons. The average Bonchev–Trinajstić information content (AvgIpc) is 2.75. The number of nitrogens with one attached hydrogen (secondary N) is 1. The maximum Gasteiger partial charge on any atom is 0.418 e. The van der Waals surface area contributed by atoms with Gasteiger partial charge in [0.25, 0.3) is 5.91 Å². The van der Waals surface area contributed by atoms with E-state index >= 15 is 0 Å². The second-order valence-corrected chi connectivity index (χ2v) is 4.62. The summed E-state index contributed by atoms with van der Waals surface area (Å²) in [6, 6.07) is 4.85. The lowest BCUT2D eigenvalue weighted by Crippen LogP contribution is -2.16. The van der Waals surface area contributed by atoms with Gasteiger partial charge in [0, 0.05) is 0 Å². The van der Waals surface area contributed by atoms with Crippen molar-refractivity contribution in [3.63, 3.8) is 0 Å². The molecule has 0 spiro atoms. The van der Waals surface area contributed by atoms with Crippen LogP contribution in [0.25, 0.3) is 0 Å². The van der Waals surface area contributed by atoms with Crippen molar-refractivity contribution < 1.29 is 18.0 Å². The quantitative estimate of drug-likeness (QED) is 0.914. The van der Waals surface area contributed by atoms with E-state index < -0.39 is 17.6 Å². The summed E-state index contributed by atoms with van der Waals surface area (Å²) < 4.78 is 38.3. The molecule has 0 bridgehead atoms. The molecular weight excluding hydrogens is 277 g/mol. The number of amides is 1. The number of aryl methyl sites for hydroxylation is 1. The lowest BCUT2D eigenvalue weighted by Gasteiger charge is -2.13. The van der Waals surface area contributed by atoms with Crippen molar-refractivity contribution in [3.05, 3.63) is 45.9 Å². The summed E-state index contributed by atoms with van der Waals surface area (Å²) in [6.45, 7) is 1.63. The van der Waals surface area contributed by atoms with Crippen molar-refractivity contribution in [1.82, 2.24) is 4.98 Å². The average molecular weight is 286 g/mol. The maximum atomic E-state index is 12.8. The second-order valence-electron chi connectivity index (χ2n) is 3.76. The van der Waals surface area contributed by atoms with Gasteiger partial charge in [-0.2, -0.15) is 13.2 Å². The van der Waals surface area contributed by atoms with Gasteiger partial charge in [-0.25, -0.2) is 4.98 Å². The van der Waals surface area contributed by atoms with Gasteiger partial charge in [-0.3, -0.25) is 4.79 Å². The minimum absolute atomic E-state index is 0.257. The molecule has 2 aromatic rings. The molecule has 0 atom stereocenters. The molecule has 1 N–H and O–H groups in total. The third-order valence-electron chi connectivity index (χ3n) is 2.43. The largest absolute Gasteiger partial charge is 0.418 e. The highest BCUT2D eigenvalue weighted by Gasteiger charge is 2.33. The van der Waals surface area contributed by atoms with Gasteiger partial charge in [-0.05, 0) is 19.1 Å². The summed E-state index contributed by atoms with van der Waals surface area (Å²) in [5.74, 6) is -0.586. The Labute approximate surface area is 111 Å². The van der Waals surface area contributed by atoms with Crippen molar-refractivity contribution in [2.45, 2.75) is 13.1 Å². The monoisotopic (exact) mass is 286 g/mol. The smallest absolute Gasteiger partial charge is 0.321 e. The van der Waals surface area contributed by atoms with E-state index in [1.54, 1.807) is 6.92 Å². The van der Waals surface area contributed by atoms with Crippen LogP contribution in [-0.4, -0.2) is 10.9 Å². The van der Waals surface area contributed by atoms with E-state index in [4.69, 9.17) is 0 Å².